The fourth-order valence-electron chi connectivity index (χ4n) is 1.67. The monoisotopic (exact) mass is 269 g/mol. The van der Waals surface area contributed by atoms with E-state index in [0.29, 0.717) is 5.75 Å². The van der Waals surface area contributed by atoms with Crippen LogP contribution in [-0.4, -0.2) is 30.9 Å². The van der Waals surface area contributed by atoms with Crippen LogP contribution in [0.15, 0.2) is 54.6 Å². The number of rotatable bonds is 3. The van der Waals surface area contributed by atoms with E-state index in [9.17, 15) is 9.59 Å². The molecule has 1 amide bonds. The van der Waals surface area contributed by atoms with Crippen molar-refractivity contribution in [3.05, 3.63) is 54.6 Å². The van der Waals surface area contributed by atoms with Gasteiger partial charge in [-0.3, -0.25) is 4.79 Å². The molecule has 0 unspecified atom stereocenters. The zero-order valence-corrected chi connectivity index (χ0v) is 11.4. The Hall–Kier alpha value is -2.62. The SMILES string of the molecule is CN(C)C(=O)/C=C/C(=O)Oc1ccc2ccccc2c1. The molecule has 0 aliphatic rings. The topological polar surface area (TPSA) is 46.6 Å². The molecule has 2 rings (SSSR count). The predicted molar refractivity (Wildman–Crippen MR) is 77.4 cm³/mol. The molecule has 2 aromatic carbocycles. The molecular weight excluding hydrogens is 254 g/mol. The number of carbonyl (C=O) groups is 2. The number of likely N-dealkylation sites (N-methyl/N-ethyl adjacent to an activating group) is 1. The van der Waals surface area contributed by atoms with Gasteiger partial charge < -0.3 is 9.64 Å². The number of hydrogen-bond acceptors (Lipinski definition) is 3. The van der Waals surface area contributed by atoms with E-state index in [1.165, 1.54) is 11.0 Å². The maximum Gasteiger partial charge on any atom is 0.336 e. The Balaban J connectivity index is 2.08. The molecule has 0 fully saturated rings. The Morgan fingerprint density at radius 3 is 2.40 bits per heavy atom. The molecule has 0 spiro atoms. The highest BCUT2D eigenvalue weighted by Gasteiger charge is 2.04. The summed E-state index contributed by atoms with van der Waals surface area (Å²) in [6, 6.07) is 13.2. The number of ether oxygens (including phenoxy) is 1. The number of hydrogen-bond donors (Lipinski definition) is 0. The lowest BCUT2D eigenvalue weighted by molar-refractivity contribution is -0.129. The minimum absolute atomic E-state index is 0.263. The molecule has 0 heterocycles. The molecule has 0 radical (unpaired) electrons. The quantitative estimate of drug-likeness (QED) is 0.488. The average molecular weight is 269 g/mol. The van der Waals surface area contributed by atoms with Crippen LogP contribution < -0.4 is 4.74 Å². The first-order valence-corrected chi connectivity index (χ1v) is 6.16. The second-order valence-electron chi connectivity index (χ2n) is 4.50. The summed E-state index contributed by atoms with van der Waals surface area (Å²) in [5, 5.41) is 2.07. The highest BCUT2D eigenvalue weighted by atomic mass is 16.5. The number of fused-ring (bicyclic) bond motifs is 1. The van der Waals surface area contributed by atoms with E-state index in [2.05, 4.69) is 0 Å². The first-order valence-electron chi connectivity index (χ1n) is 6.16. The molecule has 4 heteroatoms. The Bertz CT molecular complexity index is 674. The van der Waals surface area contributed by atoms with Crippen molar-refractivity contribution in [2.24, 2.45) is 0 Å². The maximum atomic E-state index is 11.6. The van der Waals surface area contributed by atoms with E-state index in [1.807, 2.05) is 30.3 Å². The molecular formula is C16H15NO3. The van der Waals surface area contributed by atoms with Crippen molar-refractivity contribution in [3.63, 3.8) is 0 Å². The molecule has 0 aromatic heterocycles. The van der Waals surface area contributed by atoms with Gasteiger partial charge in [0.05, 0.1) is 0 Å². The minimum atomic E-state index is -0.574. The number of carbonyl (C=O) groups excluding carboxylic acids is 2. The largest absolute Gasteiger partial charge is 0.423 e. The summed E-state index contributed by atoms with van der Waals surface area (Å²) in [5.41, 5.74) is 0. The van der Waals surface area contributed by atoms with E-state index in [-0.39, 0.29) is 5.91 Å². The van der Waals surface area contributed by atoms with E-state index in [4.69, 9.17) is 4.74 Å². The van der Waals surface area contributed by atoms with Crippen LogP contribution in [0, 0.1) is 0 Å². The number of amides is 1. The summed E-state index contributed by atoms with van der Waals surface area (Å²) < 4.78 is 5.16. The molecule has 102 valence electrons. The Kier molecular flexibility index (Phi) is 4.15. The third-order valence-corrected chi connectivity index (χ3v) is 2.74. The van der Waals surface area contributed by atoms with Gasteiger partial charge in [0, 0.05) is 26.2 Å². The summed E-state index contributed by atoms with van der Waals surface area (Å²) in [4.78, 5) is 24.3. The van der Waals surface area contributed by atoms with Crippen molar-refractivity contribution in [2.45, 2.75) is 0 Å². The minimum Gasteiger partial charge on any atom is -0.423 e. The second-order valence-corrected chi connectivity index (χ2v) is 4.50. The summed E-state index contributed by atoms with van der Waals surface area (Å²) in [5.74, 6) is -0.383. The smallest absolute Gasteiger partial charge is 0.336 e. The number of nitrogens with zero attached hydrogens (tertiary/aromatic N) is 1. The van der Waals surface area contributed by atoms with Crippen molar-refractivity contribution in [3.8, 4) is 5.75 Å². The van der Waals surface area contributed by atoms with Crippen LogP contribution in [0.4, 0.5) is 0 Å². The van der Waals surface area contributed by atoms with Gasteiger partial charge in [0.2, 0.25) is 5.91 Å². The molecule has 20 heavy (non-hydrogen) atoms. The standard InChI is InChI=1S/C16H15NO3/c1-17(2)15(18)9-10-16(19)20-14-8-7-12-5-3-4-6-13(12)11-14/h3-11H,1-2H3/b10-9+. The summed E-state index contributed by atoms with van der Waals surface area (Å²) in [6.07, 6.45) is 2.31. The van der Waals surface area contributed by atoms with Crippen LogP contribution in [-0.2, 0) is 9.59 Å². The lowest BCUT2D eigenvalue weighted by Crippen LogP contribution is -2.19. The molecule has 0 aliphatic carbocycles. The molecule has 2 aromatic rings. The van der Waals surface area contributed by atoms with E-state index in [1.54, 1.807) is 26.2 Å². The molecule has 0 bridgehead atoms. The molecule has 0 atom stereocenters. The highest BCUT2D eigenvalue weighted by Crippen LogP contribution is 2.20. The fraction of sp³-hybridized carbons (Fsp3) is 0.125. The van der Waals surface area contributed by atoms with Gasteiger partial charge in [-0.05, 0) is 22.9 Å². The molecule has 4 nitrogen and oxygen atoms in total. The molecule has 0 aliphatic heterocycles. The number of benzene rings is 2. The van der Waals surface area contributed by atoms with Gasteiger partial charge in [-0.15, -0.1) is 0 Å². The van der Waals surface area contributed by atoms with Gasteiger partial charge in [0.15, 0.2) is 0 Å². The van der Waals surface area contributed by atoms with Crippen LogP contribution in [0.2, 0.25) is 0 Å². The highest BCUT2D eigenvalue weighted by molar-refractivity contribution is 5.95. The van der Waals surface area contributed by atoms with Crippen LogP contribution in [0.5, 0.6) is 5.75 Å². The molecule has 0 saturated heterocycles. The molecule has 0 saturated carbocycles. The van der Waals surface area contributed by atoms with E-state index < -0.39 is 5.97 Å². The van der Waals surface area contributed by atoms with Crippen molar-refractivity contribution >= 4 is 22.6 Å². The first kappa shape index (κ1) is 13.8. The average Bonchev–Trinajstić information content (AvgIpc) is 2.44. The van der Waals surface area contributed by atoms with Crippen molar-refractivity contribution < 1.29 is 14.3 Å². The van der Waals surface area contributed by atoms with Gasteiger partial charge >= 0.3 is 5.97 Å². The second kappa shape index (κ2) is 6.02. The van der Waals surface area contributed by atoms with Gasteiger partial charge in [-0.2, -0.15) is 0 Å². The van der Waals surface area contributed by atoms with E-state index in [0.717, 1.165) is 16.8 Å². The van der Waals surface area contributed by atoms with Crippen LogP contribution in [0.25, 0.3) is 10.8 Å². The summed E-state index contributed by atoms with van der Waals surface area (Å²) in [6.45, 7) is 0. The third kappa shape index (κ3) is 3.45. The Morgan fingerprint density at radius 2 is 1.70 bits per heavy atom. The lowest BCUT2D eigenvalue weighted by atomic mass is 10.1. The lowest BCUT2D eigenvalue weighted by Gasteiger charge is -2.05. The predicted octanol–water partition coefficient (Wildman–Crippen LogP) is 2.39. The molecule has 0 N–H and O–H groups in total. The summed E-state index contributed by atoms with van der Waals surface area (Å²) in [7, 11) is 3.22. The van der Waals surface area contributed by atoms with E-state index >= 15 is 0 Å². The Labute approximate surface area is 117 Å². The van der Waals surface area contributed by atoms with Crippen molar-refractivity contribution in [1.82, 2.24) is 4.90 Å². The normalized spacial score (nSPS) is 10.7. The van der Waals surface area contributed by atoms with Crippen LogP contribution in [0.1, 0.15) is 0 Å². The zero-order valence-electron chi connectivity index (χ0n) is 11.4. The van der Waals surface area contributed by atoms with Crippen molar-refractivity contribution in [1.29, 1.82) is 0 Å². The van der Waals surface area contributed by atoms with Crippen LogP contribution >= 0.6 is 0 Å². The zero-order chi connectivity index (χ0) is 14.5. The summed E-state index contributed by atoms with van der Waals surface area (Å²) >= 11 is 0. The third-order valence-electron chi connectivity index (χ3n) is 2.74. The van der Waals surface area contributed by atoms with Gasteiger partial charge in [-0.25, -0.2) is 4.79 Å². The van der Waals surface area contributed by atoms with Crippen molar-refractivity contribution in [2.75, 3.05) is 14.1 Å². The van der Waals surface area contributed by atoms with Gasteiger partial charge in [0.25, 0.3) is 0 Å². The van der Waals surface area contributed by atoms with Gasteiger partial charge in [-0.1, -0.05) is 30.3 Å². The number of esters is 1. The Morgan fingerprint density at radius 1 is 1.00 bits per heavy atom. The first-order chi connectivity index (χ1) is 9.56. The fourth-order valence-corrected chi connectivity index (χ4v) is 1.67. The van der Waals surface area contributed by atoms with Crippen LogP contribution in [0.3, 0.4) is 0 Å². The van der Waals surface area contributed by atoms with Gasteiger partial charge in [0.1, 0.15) is 5.75 Å². The maximum absolute atomic E-state index is 11.6.